The molecule has 8 amide bonds. The van der Waals surface area contributed by atoms with Crippen LogP contribution in [0.25, 0.3) is 10.9 Å². The number of pyridine rings is 1. The fraction of sp³-hybridized carbons (Fsp3) is 0.453. The number of benzene rings is 3. The maximum Gasteiger partial charge on any atom is 0.401 e. The number of carbonyl (C=O) groups is 8. The molecule has 0 saturated carbocycles. The molecular weight excluding hydrogens is 1170 g/mol. The topological polar surface area (TPSA) is 305 Å². The molecule has 2 aromatic heterocycles. The van der Waals surface area contributed by atoms with Crippen molar-refractivity contribution in [1.29, 1.82) is 0 Å². The van der Waals surface area contributed by atoms with Gasteiger partial charge in [0.1, 0.15) is 35.6 Å². The molecule has 3 fully saturated rings. The zero-order chi connectivity index (χ0) is 63.4. The van der Waals surface area contributed by atoms with Gasteiger partial charge in [-0.15, -0.1) is 0 Å². The smallest absolute Gasteiger partial charge is 0.379 e. The number of hydrogen-bond acceptors (Lipinski definition) is 12. The van der Waals surface area contributed by atoms with Gasteiger partial charge in [0.05, 0.1) is 24.4 Å². The molecule has 3 aromatic carbocycles. The minimum atomic E-state index is -5.99. The summed E-state index contributed by atoms with van der Waals surface area (Å²) in [6.07, 6.45) is 9.69. The SMILES string of the molecule is CN1CC[C@H]2CC[C@@H](C(=O)N[C@@H](CCC(N)=O)C(=O)NC(COCCCCCCCCCC#Cc3cccc4c3CN(C3CCC(=O)NC3=O)C4=O)c3ccccc3)N2C(=O)[C@@H](NC(=O)c2cc3cc(C(F)(F)P(=O)(O)O)ncc3n2Cc2ccccc2)C1. The lowest BCUT2D eigenvalue weighted by Gasteiger charge is -2.38. The van der Waals surface area contributed by atoms with Crippen LogP contribution in [0.5, 0.6) is 0 Å². The Balaban J connectivity index is 0.774. The average Bonchev–Trinajstić information content (AvgIpc) is 1.84. The molecule has 8 N–H and O–H groups in total. The van der Waals surface area contributed by atoms with Crippen molar-refractivity contribution >= 4 is 65.8 Å². The third-order valence-corrected chi connectivity index (χ3v) is 17.9. The van der Waals surface area contributed by atoms with Gasteiger partial charge in [-0.2, -0.15) is 8.78 Å². The number of unbranched alkanes of at least 4 members (excludes halogenated alkanes) is 7. The monoisotopic (exact) mass is 1240 g/mol. The van der Waals surface area contributed by atoms with Crippen molar-refractivity contribution < 1.29 is 66.2 Å². The van der Waals surface area contributed by atoms with Gasteiger partial charge in [0, 0.05) is 68.1 Å². The zero-order valence-corrected chi connectivity index (χ0v) is 50.4. The fourth-order valence-electron chi connectivity index (χ4n) is 12.1. The Morgan fingerprint density at radius 2 is 1.61 bits per heavy atom. The Morgan fingerprint density at radius 3 is 2.33 bits per heavy atom. The quantitative estimate of drug-likeness (QED) is 0.0152. The van der Waals surface area contributed by atoms with E-state index in [4.69, 9.17) is 10.5 Å². The number of hydrogen-bond donors (Lipinski definition) is 7. The fourth-order valence-corrected chi connectivity index (χ4v) is 12.5. The second-order valence-corrected chi connectivity index (χ2v) is 24.9. The van der Waals surface area contributed by atoms with Crippen molar-refractivity contribution in [2.24, 2.45) is 5.73 Å². The summed E-state index contributed by atoms with van der Waals surface area (Å²) in [5.41, 5.74) is 3.47. The van der Waals surface area contributed by atoms with E-state index in [2.05, 4.69) is 38.1 Å². The van der Waals surface area contributed by atoms with Gasteiger partial charge in [0.25, 0.3) is 11.8 Å². The van der Waals surface area contributed by atoms with E-state index in [0.29, 0.717) is 50.0 Å². The van der Waals surface area contributed by atoms with Crippen LogP contribution in [-0.2, 0) is 56.8 Å². The summed E-state index contributed by atoms with van der Waals surface area (Å²) in [6, 6.07) is 20.3. The van der Waals surface area contributed by atoms with E-state index in [0.717, 1.165) is 73.9 Å². The second-order valence-electron chi connectivity index (χ2n) is 23.3. The predicted molar refractivity (Wildman–Crippen MR) is 323 cm³/mol. The number of rotatable bonds is 26. The third kappa shape index (κ3) is 16.0. The molecule has 22 nitrogen and oxygen atoms in total. The van der Waals surface area contributed by atoms with Gasteiger partial charge in [0.15, 0.2) is 0 Å². The van der Waals surface area contributed by atoms with Crippen molar-refractivity contribution in [2.75, 3.05) is 33.4 Å². The first-order chi connectivity index (χ1) is 42.7. The van der Waals surface area contributed by atoms with E-state index < -0.39 is 90.6 Å². The molecule has 9 rings (SSSR count). The number of alkyl halides is 2. The number of amides is 8. The minimum absolute atomic E-state index is 0.0237. The number of nitrogens with one attached hydrogen (secondary N) is 4. The number of piperidine rings is 1. The lowest BCUT2D eigenvalue weighted by Crippen LogP contribution is -2.61. The first-order valence-corrected chi connectivity index (χ1v) is 31.9. The first kappa shape index (κ1) is 65.3. The molecule has 25 heteroatoms. The Morgan fingerprint density at radius 1 is 0.888 bits per heavy atom. The summed E-state index contributed by atoms with van der Waals surface area (Å²) in [4.78, 5) is 135. The molecule has 0 radical (unpaired) electrons. The predicted octanol–water partition coefficient (Wildman–Crippen LogP) is 5.66. The summed E-state index contributed by atoms with van der Waals surface area (Å²) in [5, 5.41) is 11.0. The number of imide groups is 1. The van der Waals surface area contributed by atoms with Crippen LogP contribution in [0.15, 0.2) is 97.2 Å². The van der Waals surface area contributed by atoms with E-state index in [-0.39, 0.29) is 80.3 Å². The van der Waals surface area contributed by atoms with Crippen LogP contribution in [0.4, 0.5) is 8.78 Å². The Bertz CT molecular complexity index is 3560. The van der Waals surface area contributed by atoms with Crippen molar-refractivity contribution in [1.82, 2.24) is 45.5 Å². The lowest BCUT2D eigenvalue weighted by molar-refractivity contribution is -0.144. The zero-order valence-electron chi connectivity index (χ0n) is 49.5. The highest BCUT2D eigenvalue weighted by Crippen LogP contribution is 2.59. The number of fused-ring (bicyclic) bond motifs is 3. The molecule has 5 aromatic rings. The van der Waals surface area contributed by atoms with Gasteiger partial charge >= 0.3 is 13.3 Å². The normalized spacial score (nSPS) is 19.5. The third-order valence-electron chi connectivity index (χ3n) is 16.9. The molecule has 0 spiro atoms. The molecule has 4 aliphatic heterocycles. The second kappa shape index (κ2) is 29.4. The van der Waals surface area contributed by atoms with Crippen LogP contribution in [0, 0.1) is 11.8 Å². The number of ether oxygens (including phenoxy) is 1. The maximum atomic E-state index is 14.9. The highest BCUT2D eigenvalue weighted by atomic mass is 31.2. The van der Waals surface area contributed by atoms with Gasteiger partial charge < -0.3 is 55.5 Å². The number of nitrogens with zero attached hydrogens (tertiary/aromatic N) is 5. The summed E-state index contributed by atoms with van der Waals surface area (Å²) in [6.45, 7) is 1.38. The lowest BCUT2D eigenvalue weighted by atomic mass is 10.0. The number of primary amides is 1. The Hall–Kier alpha value is -8.20. The molecule has 6 atom stereocenters. The van der Waals surface area contributed by atoms with Gasteiger partial charge in [0.2, 0.25) is 35.4 Å². The Kier molecular flexibility index (Phi) is 21.6. The minimum Gasteiger partial charge on any atom is -0.379 e. The summed E-state index contributed by atoms with van der Waals surface area (Å²) in [5.74, 6) is 2.21. The molecule has 4 aliphatic rings. The number of nitrogens with two attached hydrogens (primary N) is 1. The Labute approximate surface area is 514 Å². The number of aromatic nitrogens is 2. The largest absolute Gasteiger partial charge is 0.401 e. The highest BCUT2D eigenvalue weighted by molar-refractivity contribution is 7.52. The van der Waals surface area contributed by atoms with E-state index in [9.17, 15) is 61.5 Å². The summed E-state index contributed by atoms with van der Waals surface area (Å²) in [7, 11) is -4.20. The highest BCUT2D eigenvalue weighted by Gasteiger charge is 2.52. The molecule has 0 bridgehead atoms. The van der Waals surface area contributed by atoms with Crippen LogP contribution >= 0.6 is 7.60 Å². The maximum absolute atomic E-state index is 14.9. The standard InChI is InChI=1S/C64H75F2N10O12P/c1-73-32-31-45-25-27-52(76(45)63(84)49(39-73)70-61(82)53-34-44-35-55(64(65,66)89(85,86)87)68-36-54(44)74(53)37-41-18-11-9-12-19-41)60(81)69-48(26-29-56(67)77)58(79)71-50(43-21-14-10-15-22-43)40-88-33-16-8-6-4-2-3-5-7-13-20-42-23-17-24-46-47(42)38-75(62(46)83)51-28-30-57(78)72-59(51)80/h9-12,14-15,17-19,21-24,34-36,45,48-52H,2-8,16,25-33,37-40H2,1H3,(H2,67,77)(H,69,81)(H,70,82)(H,71,79)(H,72,78,80)(H2,85,86,87)/t45-,48+,49+,50?,51?,52+/m1/s1. The average molecular weight is 1250 g/mol. The van der Waals surface area contributed by atoms with E-state index in [1.165, 1.54) is 20.4 Å². The molecule has 2 unspecified atom stereocenters. The first-order valence-electron chi connectivity index (χ1n) is 30.2. The van der Waals surface area contributed by atoms with Gasteiger partial charge in [-0.05, 0) is 99.5 Å². The number of carbonyl (C=O) groups excluding carboxylic acids is 8. The van der Waals surface area contributed by atoms with Gasteiger partial charge in [-0.1, -0.05) is 111 Å². The van der Waals surface area contributed by atoms with Crippen molar-refractivity contribution in [3.63, 3.8) is 0 Å². The van der Waals surface area contributed by atoms with Crippen molar-refractivity contribution in [3.8, 4) is 11.8 Å². The van der Waals surface area contributed by atoms with Crippen LogP contribution in [0.3, 0.4) is 0 Å². The van der Waals surface area contributed by atoms with Gasteiger partial charge in [-0.3, -0.25) is 53.2 Å². The van der Waals surface area contributed by atoms with E-state index in [1.807, 2.05) is 41.3 Å². The molecule has 6 heterocycles. The molecular formula is C64H75F2N10O12P. The van der Waals surface area contributed by atoms with E-state index in [1.54, 1.807) is 49.5 Å². The molecule has 89 heavy (non-hydrogen) atoms. The summed E-state index contributed by atoms with van der Waals surface area (Å²) < 4.78 is 49.3. The van der Waals surface area contributed by atoms with Crippen LogP contribution < -0.4 is 27.0 Å². The van der Waals surface area contributed by atoms with Crippen molar-refractivity contribution in [3.05, 3.63) is 136 Å². The number of halogens is 2. The number of likely N-dealkylation sites (N-methyl/N-ethyl adjacent to an activating group) is 1. The molecule has 472 valence electrons. The van der Waals surface area contributed by atoms with Crippen LogP contribution in [-0.4, -0.2) is 145 Å². The van der Waals surface area contributed by atoms with Crippen LogP contribution in [0.1, 0.15) is 151 Å². The summed E-state index contributed by atoms with van der Waals surface area (Å²) >= 11 is 0. The molecule has 0 aliphatic carbocycles. The molecule has 3 saturated heterocycles. The van der Waals surface area contributed by atoms with E-state index >= 15 is 0 Å². The van der Waals surface area contributed by atoms with Crippen molar-refractivity contribution in [2.45, 2.75) is 151 Å². The van der Waals surface area contributed by atoms with Gasteiger partial charge in [-0.25, -0.2) is 0 Å². The van der Waals surface area contributed by atoms with Crippen LogP contribution in [0.2, 0.25) is 0 Å².